The van der Waals surface area contributed by atoms with E-state index in [2.05, 4.69) is 10.1 Å². The lowest BCUT2D eigenvalue weighted by Gasteiger charge is -2.02. The normalized spacial score (nSPS) is 10.7. The number of carbonyl (C=O) groups excluding carboxylic acids is 2. The first-order valence-corrected chi connectivity index (χ1v) is 7.58. The molecule has 1 amide bonds. The van der Waals surface area contributed by atoms with Crippen LogP contribution in [0.1, 0.15) is 36.1 Å². The molecule has 0 aliphatic rings. The van der Waals surface area contributed by atoms with Gasteiger partial charge in [-0.2, -0.15) is 0 Å². The third-order valence-electron chi connectivity index (χ3n) is 2.87. The molecule has 0 aliphatic heterocycles. The molecule has 1 heterocycles. The van der Waals surface area contributed by atoms with E-state index < -0.39 is 0 Å². The zero-order valence-corrected chi connectivity index (χ0v) is 12.8. The molecule has 4 nitrogen and oxygen atoms in total. The average Bonchev–Trinajstić information content (AvgIpc) is 2.85. The summed E-state index contributed by atoms with van der Waals surface area (Å²) in [6.07, 6.45) is 6.42. The van der Waals surface area contributed by atoms with Crippen LogP contribution in [0.5, 0.6) is 0 Å². The first-order valence-electron chi connectivity index (χ1n) is 6.70. The number of hydrogen-bond donors (Lipinski definition) is 1. The van der Waals surface area contributed by atoms with Crippen molar-refractivity contribution in [1.82, 2.24) is 5.32 Å². The van der Waals surface area contributed by atoms with Crippen LogP contribution in [0.2, 0.25) is 0 Å². The Morgan fingerprint density at radius 2 is 2.15 bits per heavy atom. The minimum Gasteiger partial charge on any atom is -0.469 e. The van der Waals surface area contributed by atoms with Crippen molar-refractivity contribution in [3.63, 3.8) is 0 Å². The van der Waals surface area contributed by atoms with E-state index in [9.17, 15) is 9.59 Å². The summed E-state index contributed by atoms with van der Waals surface area (Å²) >= 11 is 1.62. The maximum Gasteiger partial charge on any atom is 0.305 e. The second-order valence-electron chi connectivity index (χ2n) is 4.48. The Labute approximate surface area is 123 Å². The number of methoxy groups -OCH3 is 1. The first kappa shape index (κ1) is 16.4. The number of nitrogens with one attached hydrogen (secondary N) is 1. The average molecular weight is 295 g/mol. The second kappa shape index (κ2) is 9.31. The molecular formula is C15H21NO3S. The van der Waals surface area contributed by atoms with E-state index in [0.717, 1.165) is 24.1 Å². The third-order valence-corrected chi connectivity index (χ3v) is 3.86. The topological polar surface area (TPSA) is 55.4 Å². The lowest BCUT2D eigenvalue weighted by Crippen LogP contribution is -2.22. The Morgan fingerprint density at radius 3 is 2.80 bits per heavy atom. The highest BCUT2D eigenvalue weighted by atomic mass is 32.1. The summed E-state index contributed by atoms with van der Waals surface area (Å²) in [5.74, 6) is -0.256. The number of aryl methyl sites for hydroxylation is 1. The SMILES string of the molecule is COC(=O)CCCCCNC(=O)/C=C/c1sccc1C. The van der Waals surface area contributed by atoms with Crippen molar-refractivity contribution in [3.05, 3.63) is 28.0 Å². The van der Waals surface area contributed by atoms with Crippen molar-refractivity contribution < 1.29 is 14.3 Å². The van der Waals surface area contributed by atoms with Gasteiger partial charge in [-0.25, -0.2) is 0 Å². The van der Waals surface area contributed by atoms with Gasteiger partial charge in [0, 0.05) is 23.9 Å². The summed E-state index contributed by atoms with van der Waals surface area (Å²) in [6, 6.07) is 2.03. The fraction of sp³-hybridized carbons (Fsp3) is 0.467. The van der Waals surface area contributed by atoms with Crippen molar-refractivity contribution in [1.29, 1.82) is 0 Å². The zero-order chi connectivity index (χ0) is 14.8. The summed E-state index contributed by atoms with van der Waals surface area (Å²) in [5, 5.41) is 4.84. The number of amides is 1. The van der Waals surface area contributed by atoms with E-state index in [0.29, 0.717) is 13.0 Å². The van der Waals surface area contributed by atoms with E-state index in [4.69, 9.17) is 0 Å². The fourth-order valence-corrected chi connectivity index (χ4v) is 2.47. The quantitative estimate of drug-likeness (QED) is 0.456. The summed E-state index contributed by atoms with van der Waals surface area (Å²) in [6.45, 7) is 2.66. The monoisotopic (exact) mass is 295 g/mol. The molecule has 0 aliphatic carbocycles. The van der Waals surface area contributed by atoms with Crippen LogP contribution < -0.4 is 5.32 Å². The van der Waals surface area contributed by atoms with Gasteiger partial charge >= 0.3 is 5.97 Å². The van der Waals surface area contributed by atoms with E-state index in [1.807, 2.05) is 24.4 Å². The number of ether oxygens (including phenoxy) is 1. The van der Waals surface area contributed by atoms with Crippen molar-refractivity contribution in [2.75, 3.05) is 13.7 Å². The van der Waals surface area contributed by atoms with Gasteiger partial charge in [0.15, 0.2) is 0 Å². The number of thiophene rings is 1. The van der Waals surface area contributed by atoms with Crippen LogP contribution in [-0.2, 0) is 14.3 Å². The maximum atomic E-state index is 11.6. The lowest BCUT2D eigenvalue weighted by atomic mass is 10.2. The highest BCUT2D eigenvalue weighted by Gasteiger charge is 2.00. The van der Waals surface area contributed by atoms with Crippen molar-refractivity contribution in [2.24, 2.45) is 0 Å². The van der Waals surface area contributed by atoms with E-state index in [-0.39, 0.29) is 11.9 Å². The predicted octanol–water partition coefficient (Wildman–Crippen LogP) is 2.92. The number of rotatable bonds is 8. The molecule has 0 radical (unpaired) electrons. The standard InChI is InChI=1S/C15H21NO3S/c1-12-9-11-20-13(12)7-8-14(17)16-10-5-3-4-6-15(18)19-2/h7-9,11H,3-6,10H2,1-2H3,(H,16,17)/b8-7+. The number of unbranched alkanes of at least 4 members (excludes halogenated alkanes) is 2. The molecule has 0 saturated carbocycles. The van der Waals surface area contributed by atoms with Crippen LogP contribution in [0.25, 0.3) is 6.08 Å². The lowest BCUT2D eigenvalue weighted by molar-refractivity contribution is -0.140. The maximum absolute atomic E-state index is 11.6. The molecule has 0 unspecified atom stereocenters. The number of hydrogen-bond acceptors (Lipinski definition) is 4. The molecule has 1 aromatic rings. The molecule has 0 saturated heterocycles. The molecule has 110 valence electrons. The molecule has 0 spiro atoms. The van der Waals surface area contributed by atoms with E-state index >= 15 is 0 Å². The zero-order valence-electron chi connectivity index (χ0n) is 12.0. The number of esters is 1. The van der Waals surface area contributed by atoms with Crippen molar-refractivity contribution >= 4 is 29.3 Å². The van der Waals surface area contributed by atoms with Crippen LogP contribution in [0.3, 0.4) is 0 Å². The van der Waals surface area contributed by atoms with E-state index in [1.54, 1.807) is 17.4 Å². The van der Waals surface area contributed by atoms with E-state index in [1.165, 1.54) is 12.7 Å². The van der Waals surface area contributed by atoms with Crippen LogP contribution in [0.15, 0.2) is 17.5 Å². The highest BCUT2D eigenvalue weighted by molar-refractivity contribution is 7.11. The molecule has 1 rings (SSSR count). The van der Waals surface area contributed by atoms with Gasteiger partial charge in [-0.15, -0.1) is 11.3 Å². The summed E-state index contributed by atoms with van der Waals surface area (Å²) in [7, 11) is 1.39. The molecule has 0 fully saturated rings. The molecule has 1 aromatic heterocycles. The highest BCUT2D eigenvalue weighted by Crippen LogP contribution is 2.16. The summed E-state index contributed by atoms with van der Waals surface area (Å²) < 4.78 is 4.56. The Hall–Kier alpha value is -1.62. The summed E-state index contributed by atoms with van der Waals surface area (Å²) in [5.41, 5.74) is 1.18. The van der Waals surface area contributed by atoms with Crippen LogP contribution in [0.4, 0.5) is 0 Å². The fourth-order valence-electron chi connectivity index (χ4n) is 1.65. The Kier molecular flexibility index (Phi) is 7.65. The predicted molar refractivity (Wildman–Crippen MR) is 81.6 cm³/mol. The molecule has 5 heteroatoms. The smallest absolute Gasteiger partial charge is 0.305 e. The molecule has 1 N–H and O–H groups in total. The minimum absolute atomic E-state index is 0.0780. The molecule has 20 heavy (non-hydrogen) atoms. The molecular weight excluding hydrogens is 274 g/mol. The van der Waals surface area contributed by atoms with Crippen molar-refractivity contribution in [3.8, 4) is 0 Å². The van der Waals surface area contributed by atoms with Gasteiger partial charge in [-0.3, -0.25) is 9.59 Å². The van der Waals surface area contributed by atoms with Crippen LogP contribution in [-0.4, -0.2) is 25.5 Å². The van der Waals surface area contributed by atoms with Gasteiger partial charge in [0.1, 0.15) is 0 Å². The minimum atomic E-state index is -0.178. The Morgan fingerprint density at radius 1 is 1.35 bits per heavy atom. The molecule has 0 bridgehead atoms. The van der Waals surface area contributed by atoms with Gasteiger partial charge in [0.2, 0.25) is 5.91 Å². The van der Waals surface area contributed by atoms with Gasteiger partial charge < -0.3 is 10.1 Å². The van der Waals surface area contributed by atoms with Gasteiger partial charge in [-0.1, -0.05) is 6.42 Å². The van der Waals surface area contributed by atoms with Crippen LogP contribution >= 0.6 is 11.3 Å². The van der Waals surface area contributed by atoms with Gasteiger partial charge in [-0.05, 0) is 42.9 Å². The first-order chi connectivity index (χ1) is 9.63. The molecule has 0 atom stereocenters. The third kappa shape index (κ3) is 6.52. The number of carbonyl (C=O) groups is 2. The second-order valence-corrected chi connectivity index (χ2v) is 5.43. The Balaban J connectivity index is 2.10. The summed E-state index contributed by atoms with van der Waals surface area (Å²) in [4.78, 5) is 23.6. The van der Waals surface area contributed by atoms with Gasteiger partial charge in [0.05, 0.1) is 7.11 Å². The molecule has 0 aromatic carbocycles. The van der Waals surface area contributed by atoms with Gasteiger partial charge in [0.25, 0.3) is 0 Å². The Bertz CT molecular complexity index is 465. The van der Waals surface area contributed by atoms with Crippen molar-refractivity contribution in [2.45, 2.75) is 32.6 Å². The van der Waals surface area contributed by atoms with Crippen LogP contribution in [0, 0.1) is 6.92 Å². The largest absolute Gasteiger partial charge is 0.469 e.